The number of hydrogen-bond donors (Lipinski definition) is 3. The molecule has 5 atom stereocenters. The van der Waals surface area contributed by atoms with Crippen molar-refractivity contribution in [2.75, 3.05) is 13.1 Å². The molecule has 4 amide bonds. The summed E-state index contributed by atoms with van der Waals surface area (Å²) in [7, 11) is 0. The number of alkyl carbamates (subject to hydrolysis) is 1. The van der Waals surface area contributed by atoms with Gasteiger partial charge in [-0.05, 0) is 50.9 Å². The summed E-state index contributed by atoms with van der Waals surface area (Å²) in [5.41, 5.74) is -0.842. The molecule has 2 aliphatic heterocycles. The largest absolute Gasteiger partial charge is 0.444 e. The molecule has 1 saturated carbocycles. The first-order chi connectivity index (χ1) is 18.3. The lowest BCUT2D eigenvalue weighted by molar-refractivity contribution is -0.144. The molecular formula is C29H46N4O6. The van der Waals surface area contributed by atoms with Crippen LogP contribution in [0.4, 0.5) is 4.79 Å². The summed E-state index contributed by atoms with van der Waals surface area (Å²) in [6, 6.07) is -2.57. The number of nitrogens with one attached hydrogen (secondary N) is 3. The predicted molar refractivity (Wildman–Crippen MR) is 147 cm³/mol. The molecule has 3 N–H and O–H groups in total. The molecule has 3 rings (SSSR count). The zero-order valence-corrected chi connectivity index (χ0v) is 24.1. The Balaban J connectivity index is 1.86. The molecule has 3 fully saturated rings. The molecule has 0 unspecified atom stereocenters. The highest BCUT2D eigenvalue weighted by Crippen LogP contribution is 2.65. The molecule has 2 heterocycles. The molecular weight excluding hydrogens is 500 g/mol. The van der Waals surface area contributed by atoms with Crippen LogP contribution in [0.5, 0.6) is 0 Å². The van der Waals surface area contributed by atoms with Crippen LogP contribution >= 0.6 is 0 Å². The summed E-state index contributed by atoms with van der Waals surface area (Å²) in [4.78, 5) is 67.3. The Morgan fingerprint density at radius 2 is 1.69 bits per heavy atom. The van der Waals surface area contributed by atoms with E-state index in [1.165, 1.54) is 6.08 Å². The van der Waals surface area contributed by atoms with E-state index in [4.69, 9.17) is 4.74 Å². The Hall–Kier alpha value is -2.91. The van der Waals surface area contributed by atoms with Crippen molar-refractivity contribution in [3.8, 4) is 0 Å². The first-order valence-electron chi connectivity index (χ1n) is 14.3. The van der Waals surface area contributed by atoms with E-state index in [1.807, 2.05) is 0 Å². The quantitative estimate of drug-likeness (QED) is 0.359. The molecule has 0 aromatic heterocycles. The third-order valence-electron chi connectivity index (χ3n) is 8.25. The molecule has 10 nitrogen and oxygen atoms in total. The van der Waals surface area contributed by atoms with E-state index in [9.17, 15) is 24.0 Å². The van der Waals surface area contributed by atoms with Gasteiger partial charge in [0.25, 0.3) is 5.91 Å². The van der Waals surface area contributed by atoms with Crippen LogP contribution in [0.1, 0.15) is 86.0 Å². The number of fused-ring (bicyclic) bond motifs is 3. The van der Waals surface area contributed by atoms with Crippen LogP contribution in [0.15, 0.2) is 12.7 Å². The zero-order chi connectivity index (χ0) is 29.0. The van der Waals surface area contributed by atoms with Gasteiger partial charge in [-0.3, -0.25) is 19.2 Å². The van der Waals surface area contributed by atoms with Gasteiger partial charge < -0.3 is 25.6 Å². The van der Waals surface area contributed by atoms with Crippen LogP contribution in [-0.4, -0.2) is 71.3 Å². The Morgan fingerprint density at radius 1 is 1.08 bits per heavy atom. The molecule has 3 aliphatic rings. The van der Waals surface area contributed by atoms with Crippen LogP contribution in [0.25, 0.3) is 0 Å². The van der Waals surface area contributed by atoms with Crippen LogP contribution in [-0.2, 0) is 23.9 Å². The first kappa shape index (κ1) is 30.6. The number of carbonyl (C=O) groups is 5. The maximum atomic E-state index is 13.9. The minimum atomic E-state index is -0.971. The summed E-state index contributed by atoms with van der Waals surface area (Å²) < 4.78 is 5.42. The van der Waals surface area contributed by atoms with E-state index in [-0.39, 0.29) is 29.7 Å². The summed E-state index contributed by atoms with van der Waals surface area (Å²) in [6.07, 6.45) is 6.70. The molecule has 218 valence electrons. The standard InChI is InChI=1S/C29H46N4O6/c1-7-16-30-25(36)23(34)19-14-12-10-8-9-11-13-15-20(32-27(38)39-28(2,3)4)26(37)33-17-18-21(29(18,5)6)22(33)24(35)31-19/h7,18-22H,1,8-17H2,2-6H3,(H,30,36)(H,31,35)(H,32,38)/t18-,19-,20-,21-,22-/m0/s1. The molecule has 39 heavy (non-hydrogen) atoms. The average molecular weight is 547 g/mol. The normalized spacial score (nSPS) is 29.5. The fraction of sp³-hybridized carbons (Fsp3) is 0.759. The van der Waals surface area contributed by atoms with Gasteiger partial charge >= 0.3 is 6.09 Å². The molecule has 2 saturated heterocycles. The number of ether oxygens (including phenoxy) is 1. The number of Topliss-reactive ketones (excluding diaryl/α,β-unsaturated/α-hetero) is 1. The van der Waals surface area contributed by atoms with Gasteiger partial charge in [0.05, 0.1) is 6.04 Å². The summed E-state index contributed by atoms with van der Waals surface area (Å²) in [5, 5.41) is 8.10. The number of rotatable bonds is 5. The fourth-order valence-electron chi connectivity index (χ4n) is 6.06. The molecule has 10 heteroatoms. The van der Waals surface area contributed by atoms with Crippen LogP contribution in [0, 0.1) is 17.3 Å². The average Bonchev–Trinajstić information content (AvgIpc) is 3.16. The number of hydrogen-bond acceptors (Lipinski definition) is 6. The van der Waals surface area contributed by atoms with E-state index in [0.717, 1.165) is 32.1 Å². The maximum Gasteiger partial charge on any atom is 0.408 e. The zero-order valence-electron chi connectivity index (χ0n) is 24.1. The van der Waals surface area contributed by atoms with Crippen molar-refractivity contribution in [2.45, 2.75) is 110 Å². The summed E-state index contributed by atoms with van der Waals surface area (Å²) >= 11 is 0. The van der Waals surface area contributed by atoms with Crippen LogP contribution < -0.4 is 16.0 Å². The second-order valence-corrected chi connectivity index (χ2v) is 12.7. The van der Waals surface area contributed by atoms with E-state index < -0.39 is 47.4 Å². The van der Waals surface area contributed by atoms with Crippen molar-refractivity contribution >= 4 is 29.6 Å². The van der Waals surface area contributed by atoms with Crippen molar-refractivity contribution < 1.29 is 28.7 Å². The third-order valence-corrected chi connectivity index (χ3v) is 8.25. The minimum Gasteiger partial charge on any atom is -0.444 e. The lowest BCUT2D eigenvalue weighted by atomic mass is 9.98. The number of nitrogens with zero attached hydrogens (tertiary/aromatic N) is 1. The van der Waals surface area contributed by atoms with Gasteiger partial charge in [0, 0.05) is 13.1 Å². The van der Waals surface area contributed by atoms with E-state index in [2.05, 4.69) is 36.4 Å². The van der Waals surface area contributed by atoms with E-state index >= 15 is 0 Å². The van der Waals surface area contributed by atoms with Gasteiger partial charge in [0.1, 0.15) is 17.7 Å². The SMILES string of the molecule is C=CCNC(=O)C(=O)[C@@H]1CCCCCCCC[C@H](NC(=O)OC(C)(C)C)C(=O)N2C[C@H]3[C@@H]([C@H]2C(=O)N1)C3(C)C. The molecule has 0 spiro atoms. The highest BCUT2D eigenvalue weighted by molar-refractivity contribution is 6.38. The van der Waals surface area contributed by atoms with Gasteiger partial charge in [0.15, 0.2) is 0 Å². The van der Waals surface area contributed by atoms with Crippen molar-refractivity contribution in [1.29, 1.82) is 0 Å². The Bertz CT molecular complexity index is 971. The third kappa shape index (κ3) is 7.60. The van der Waals surface area contributed by atoms with Crippen molar-refractivity contribution in [3.05, 3.63) is 12.7 Å². The highest BCUT2D eigenvalue weighted by Gasteiger charge is 2.69. The van der Waals surface area contributed by atoms with Gasteiger partial charge in [-0.25, -0.2) is 4.79 Å². The van der Waals surface area contributed by atoms with E-state index in [0.29, 0.717) is 25.8 Å². The second-order valence-electron chi connectivity index (χ2n) is 12.7. The van der Waals surface area contributed by atoms with Crippen molar-refractivity contribution in [1.82, 2.24) is 20.9 Å². The van der Waals surface area contributed by atoms with Crippen molar-refractivity contribution in [3.63, 3.8) is 0 Å². The van der Waals surface area contributed by atoms with Crippen molar-refractivity contribution in [2.24, 2.45) is 17.3 Å². The molecule has 0 radical (unpaired) electrons. The van der Waals surface area contributed by atoms with Crippen LogP contribution in [0.2, 0.25) is 0 Å². The lowest BCUT2D eigenvalue weighted by Gasteiger charge is -2.34. The first-order valence-corrected chi connectivity index (χ1v) is 14.3. The molecule has 0 bridgehead atoms. The number of amides is 4. The topological polar surface area (TPSA) is 134 Å². The maximum absolute atomic E-state index is 13.9. The lowest BCUT2D eigenvalue weighted by Crippen LogP contribution is -2.58. The minimum absolute atomic E-state index is 0.0651. The smallest absolute Gasteiger partial charge is 0.408 e. The highest BCUT2D eigenvalue weighted by atomic mass is 16.6. The number of ketones is 1. The van der Waals surface area contributed by atoms with Gasteiger partial charge in [-0.15, -0.1) is 6.58 Å². The summed E-state index contributed by atoms with van der Waals surface area (Å²) in [6.45, 7) is 13.5. The van der Waals surface area contributed by atoms with Gasteiger partial charge in [0.2, 0.25) is 17.6 Å². The van der Waals surface area contributed by atoms with E-state index in [1.54, 1.807) is 25.7 Å². The predicted octanol–water partition coefficient (Wildman–Crippen LogP) is 2.85. The number of piperidine rings is 1. The Kier molecular flexibility index (Phi) is 9.83. The monoisotopic (exact) mass is 546 g/mol. The number of carbonyl (C=O) groups excluding carboxylic acids is 5. The molecule has 0 aromatic carbocycles. The molecule has 1 aliphatic carbocycles. The molecule has 0 aromatic rings. The Labute approximate surface area is 232 Å². The van der Waals surface area contributed by atoms with Gasteiger partial charge in [-0.2, -0.15) is 0 Å². The second kappa shape index (κ2) is 12.5. The van der Waals surface area contributed by atoms with Gasteiger partial charge in [-0.1, -0.05) is 58.4 Å². The summed E-state index contributed by atoms with van der Waals surface area (Å²) in [5.74, 6) is -2.12. The Morgan fingerprint density at radius 3 is 2.31 bits per heavy atom. The van der Waals surface area contributed by atoms with Crippen LogP contribution in [0.3, 0.4) is 0 Å². The fourth-order valence-corrected chi connectivity index (χ4v) is 6.06.